The quantitative estimate of drug-likeness (QED) is 0.696. The van der Waals surface area contributed by atoms with E-state index in [9.17, 15) is 9.59 Å². The standard InChI is InChI=1S/C25H37N5O2/c1-17-9-8-10-19(15-17)26-23(32)29-13-11-18(12-14-29)22(31)27-21-16-20(24(2,3)4)28-30(21)25(5,6)7/h8-10,15-16,18H,11-14H2,1-7H3,(H,26,32)(H,27,31). The molecule has 1 fully saturated rings. The van der Waals surface area contributed by atoms with E-state index >= 15 is 0 Å². The fourth-order valence-electron chi connectivity index (χ4n) is 3.85. The Balaban J connectivity index is 1.61. The normalized spacial score (nSPS) is 15.5. The van der Waals surface area contributed by atoms with E-state index in [2.05, 4.69) is 52.2 Å². The van der Waals surface area contributed by atoms with Crippen LogP contribution >= 0.6 is 0 Å². The maximum atomic E-state index is 13.0. The summed E-state index contributed by atoms with van der Waals surface area (Å²) in [7, 11) is 0. The molecule has 1 aliphatic rings. The van der Waals surface area contributed by atoms with Crippen LogP contribution in [0, 0.1) is 12.8 Å². The third-order valence-corrected chi connectivity index (χ3v) is 5.79. The molecule has 1 aliphatic heterocycles. The molecule has 0 spiro atoms. The Morgan fingerprint density at radius 3 is 2.22 bits per heavy atom. The molecule has 0 atom stereocenters. The average molecular weight is 440 g/mol. The topological polar surface area (TPSA) is 79.3 Å². The van der Waals surface area contributed by atoms with Gasteiger partial charge in [-0.3, -0.25) is 4.79 Å². The van der Waals surface area contributed by atoms with Crippen LogP contribution in [-0.2, 0) is 15.7 Å². The van der Waals surface area contributed by atoms with Gasteiger partial charge in [-0.25, -0.2) is 9.48 Å². The molecule has 1 aromatic heterocycles. The van der Waals surface area contributed by atoms with Crippen LogP contribution in [0.1, 0.15) is 65.6 Å². The zero-order chi connectivity index (χ0) is 23.7. The molecule has 7 heteroatoms. The molecule has 0 bridgehead atoms. The van der Waals surface area contributed by atoms with Gasteiger partial charge in [-0.05, 0) is 58.2 Å². The summed E-state index contributed by atoms with van der Waals surface area (Å²) in [5.74, 6) is 0.598. The smallest absolute Gasteiger partial charge is 0.321 e. The highest BCUT2D eigenvalue weighted by atomic mass is 16.2. The summed E-state index contributed by atoms with van der Waals surface area (Å²) in [6.45, 7) is 15.7. The summed E-state index contributed by atoms with van der Waals surface area (Å²) in [5.41, 5.74) is 2.49. The number of hydrogen-bond donors (Lipinski definition) is 2. The van der Waals surface area contributed by atoms with Gasteiger partial charge in [0.1, 0.15) is 5.82 Å². The van der Waals surface area contributed by atoms with Gasteiger partial charge in [0.15, 0.2) is 0 Å². The highest BCUT2D eigenvalue weighted by Gasteiger charge is 2.30. The molecule has 2 N–H and O–H groups in total. The van der Waals surface area contributed by atoms with Crippen LogP contribution in [0.5, 0.6) is 0 Å². The second kappa shape index (κ2) is 8.96. The summed E-state index contributed by atoms with van der Waals surface area (Å²) in [6, 6.07) is 9.62. The number of anilines is 2. The molecule has 174 valence electrons. The Hall–Kier alpha value is -2.83. The van der Waals surface area contributed by atoms with Crippen molar-refractivity contribution in [3.63, 3.8) is 0 Å². The molecule has 0 saturated carbocycles. The molecule has 7 nitrogen and oxygen atoms in total. The van der Waals surface area contributed by atoms with Crippen molar-refractivity contribution >= 4 is 23.4 Å². The molecular formula is C25H37N5O2. The number of nitrogens with one attached hydrogen (secondary N) is 2. The van der Waals surface area contributed by atoms with Gasteiger partial charge in [0.2, 0.25) is 5.91 Å². The first-order chi connectivity index (χ1) is 14.8. The van der Waals surface area contributed by atoms with Gasteiger partial charge in [-0.15, -0.1) is 0 Å². The van der Waals surface area contributed by atoms with E-state index in [1.165, 1.54) is 0 Å². The lowest BCUT2D eigenvalue weighted by Crippen LogP contribution is -2.43. The van der Waals surface area contributed by atoms with Crippen molar-refractivity contribution < 1.29 is 9.59 Å². The predicted molar refractivity (Wildman–Crippen MR) is 129 cm³/mol. The summed E-state index contributed by atoms with van der Waals surface area (Å²) in [4.78, 5) is 27.4. The third-order valence-electron chi connectivity index (χ3n) is 5.79. The number of carbonyl (C=O) groups excluding carboxylic acids is 2. The summed E-state index contributed by atoms with van der Waals surface area (Å²) in [5, 5.41) is 10.8. The molecule has 0 unspecified atom stereocenters. The van der Waals surface area contributed by atoms with Crippen LogP contribution in [0.4, 0.5) is 16.3 Å². The number of benzene rings is 1. The summed E-state index contributed by atoms with van der Waals surface area (Å²) < 4.78 is 1.90. The minimum absolute atomic E-state index is 0.00500. The van der Waals surface area contributed by atoms with Crippen molar-refractivity contribution in [3.05, 3.63) is 41.6 Å². The maximum Gasteiger partial charge on any atom is 0.321 e. The molecule has 32 heavy (non-hydrogen) atoms. The molecule has 3 rings (SSSR count). The fourth-order valence-corrected chi connectivity index (χ4v) is 3.85. The molecule has 2 aromatic rings. The zero-order valence-corrected chi connectivity index (χ0v) is 20.5. The van der Waals surface area contributed by atoms with E-state index in [1.54, 1.807) is 4.90 Å². The first kappa shape index (κ1) is 23.8. The van der Waals surface area contributed by atoms with Crippen LogP contribution in [-0.4, -0.2) is 39.7 Å². The number of nitrogens with zero attached hydrogens (tertiary/aromatic N) is 3. The molecular weight excluding hydrogens is 402 g/mol. The van der Waals surface area contributed by atoms with Gasteiger partial charge in [0, 0.05) is 36.2 Å². The Bertz CT molecular complexity index is 973. The van der Waals surface area contributed by atoms with Gasteiger partial charge in [0.05, 0.1) is 11.2 Å². The van der Waals surface area contributed by atoms with Gasteiger partial charge < -0.3 is 15.5 Å². The lowest BCUT2D eigenvalue weighted by atomic mass is 9.92. The Morgan fingerprint density at radius 2 is 1.66 bits per heavy atom. The number of urea groups is 1. The number of likely N-dealkylation sites (tertiary alicyclic amines) is 1. The Labute approximate surface area is 191 Å². The van der Waals surface area contributed by atoms with Crippen molar-refractivity contribution in [1.82, 2.24) is 14.7 Å². The van der Waals surface area contributed by atoms with Crippen molar-refractivity contribution in [2.45, 2.75) is 72.3 Å². The second-order valence-electron chi connectivity index (χ2n) is 10.8. The molecule has 3 amide bonds. The maximum absolute atomic E-state index is 13.0. The van der Waals surface area contributed by atoms with E-state index in [-0.39, 0.29) is 28.8 Å². The SMILES string of the molecule is Cc1cccc(NC(=O)N2CCC(C(=O)Nc3cc(C(C)(C)C)nn3C(C)(C)C)CC2)c1. The van der Waals surface area contributed by atoms with Crippen LogP contribution in [0.3, 0.4) is 0 Å². The van der Waals surface area contributed by atoms with Crippen molar-refractivity contribution in [3.8, 4) is 0 Å². The third kappa shape index (κ3) is 5.69. The van der Waals surface area contributed by atoms with Crippen molar-refractivity contribution in [2.75, 3.05) is 23.7 Å². The fraction of sp³-hybridized carbons (Fsp3) is 0.560. The lowest BCUT2D eigenvalue weighted by Gasteiger charge is -2.31. The molecule has 0 aliphatic carbocycles. The summed E-state index contributed by atoms with van der Waals surface area (Å²) >= 11 is 0. The second-order valence-corrected chi connectivity index (χ2v) is 10.8. The van der Waals surface area contributed by atoms with E-state index in [1.807, 2.05) is 41.9 Å². The number of carbonyl (C=O) groups is 2. The number of hydrogen-bond acceptors (Lipinski definition) is 3. The van der Waals surface area contributed by atoms with Gasteiger partial charge in [-0.2, -0.15) is 5.10 Å². The first-order valence-electron chi connectivity index (χ1n) is 11.4. The molecule has 1 aromatic carbocycles. The number of aryl methyl sites for hydroxylation is 1. The predicted octanol–water partition coefficient (Wildman–Crippen LogP) is 5.13. The lowest BCUT2D eigenvalue weighted by molar-refractivity contribution is -0.121. The van der Waals surface area contributed by atoms with Gasteiger partial charge in [-0.1, -0.05) is 32.9 Å². The largest absolute Gasteiger partial charge is 0.324 e. The zero-order valence-electron chi connectivity index (χ0n) is 20.5. The average Bonchev–Trinajstić information content (AvgIpc) is 3.13. The van der Waals surface area contributed by atoms with Crippen molar-refractivity contribution in [2.24, 2.45) is 5.92 Å². The van der Waals surface area contributed by atoms with Gasteiger partial charge in [0.25, 0.3) is 0 Å². The Kier molecular flexibility index (Phi) is 6.67. The number of piperidine rings is 1. The highest BCUT2D eigenvalue weighted by molar-refractivity contribution is 5.93. The molecule has 0 radical (unpaired) electrons. The van der Waals surface area contributed by atoms with Crippen LogP contribution in [0.25, 0.3) is 0 Å². The minimum atomic E-state index is -0.247. The van der Waals surface area contributed by atoms with Crippen LogP contribution in [0.2, 0.25) is 0 Å². The Morgan fingerprint density at radius 1 is 1.00 bits per heavy atom. The van der Waals surface area contributed by atoms with Crippen LogP contribution in [0.15, 0.2) is 30.3 Å². The highest BCUT2D eigenvalue weighted by Crippen LogP contribution is 2.29. The van der Waals surface area contributed by atoms with Crippen molar-refractivity contribution in [1.29, 1.82) is 0 Å². The van der Waals surface area contributed by atoms with Gasteiger partial charge >= 0.3 is 6.03 Å². The number of aromatic nitrogens is 2. The molecule has 2 heterocycles. The minimum Gasteiger partial charge on any atom is -0.324 e. The number of rotatable bonds is 3. The number of amides is 3. The monoisotopic (exact) mass is 439 g/mol. The first-order valence-corrected chi connectivity index (χ1v) is 11.4. The van der Waals surface area contributed by atoms with E-state index in [0.29, 0.717) is 25.9 Å². The summed E-state index contributed by atoms with van der Waals surface area (Å²) in [6.07, 6.45) is 1.28. The van der Waals surface area contributed by atoms with E-state index < -0.39 is 0 Å². The molecule has 1 saturated heterocycles. The van der Waals surface area contributed by atoms with E-state index in [0.717, 1.165) is 22.8 Å². The van der Waals surface area contributed by atoms with Crippen LogP contribution < -0.4 is 10.6 Å². The van der Waals surface area contributed by atoms with E-state index in [4.69, 9.17) is 5.10 Å².